The first-order chi connectivity index (χ1) is 13.0. The van der Waals surface area contributed by atoms with Crippen molar-refractivity contribution in [3.05, 3.63) is 47.5 Å². The highest BCUT2D eigenvalue weighted by Gasteiger charge is 2.28. The van der Waals surface area contributed by atoms with Crippen LogP contribution in [0.15, 0.2) is 30.6 Å². The number of hydrogen-bond acceptors (Lipinski definition) is 5. The van der Waals surface area contributed by atoms with Crippen molar-refractivity contribution in [2.45, 2.75) is 12.6 Å². The van der Waals surface area contributed by atoms with Crippen LogP contribution in [-0.4, -0.2) is 65.8 Å². The number of carbonyl (C=O) groups is 1. The molecule has 0 aliphatic carbocycles. The maximum absolute atomic E-state index is 13.6. The van der Waals surface area contributed by atoms with Gasteiger partial charge in [0.2, 0.25) is 5.91 Å². The fourth-order valence-corrected chi connectivity index (χ4v) is 3.44. The number of aryl methyl sites for hydroxylation is 1. The standard InChI is InChI=1S/C19H26FN5O2.2ClH/c1-21-18(15-11-22-23(2)12-15)19(26)25-8-6-24(7-9-25)13-14-10-16(20)4-5-17(14)27-3;;/h4-5,10-12,18,21H,6-9,13H2,1-3H3;2*1H. The second-order valence-corrected chi connectivity index (χ2v) is 6.73. The van der Waals surface area contributed by atoms with Gasteiger partial charge in [-0.25, -0.2) is 4.39 Å². The van der Waals surface area contributed by atoms with Gasteiger partial charge in [-0.05, 0) is 25.2 Å². The van der Waals surface area contributed by atoms with E-state index < -0.39 is 6.04 Å². The summed E-state index contributed by atoms with van der Waals surface area (Å²) >= 11 is 0. The van der Waals surface area contributed by atoms with E-state index in [9.17, 15) is 9.18 Å². The summed E-state index contributed by atoms with van der Waals surface area (Å²) in [7, 11) is 5.20. The van der Waals surface area contributed by atoms with Crippen LogP contribution in [0.4, 0.5) is 4.39 Å². The number of nitrogens with zero attached hydrogens (tertiary/aromatic N) is 4. The SMILES string of the molecule is CNC(C(=O)N1CCN(Cc2cc(F)ccc2OC)CC1)c1cnn(C)c1.Cl.Cl. The number of ether oxygens (including phenoxy) is 1. The number of halogens is 3. The van der Waals surface area contributed by atoms with E-state index >= 15 is 0 Å². The summed E-state index contributed by atoms with van der Waals surface area (Å²) in [5, 5.41) is 7.24. The third-order valence-corrected chi connectivity index (χ3v) is 4.91. The monoisotopic (exact) mass is 447 g/mol. The lowest BCUT2D eigenvalue weighted by Crippen LogP contribution is -2.51. The highest BCUT2D eigenvalue weighted by molar-refractivity contribution is 5.85. The number of aromatic nitrogens is 2. The molecule has 3 rings (SSSR count). The van der Waals surface area contributed by atoms with Gasteiger partial charge in [0.1, 0.15) is 17.6 Å². The second-order valence-electron chi connectivity index (χ2n) is 6.73. The van der Waals surface area contributed by atoms with E-state index in [1.54, 1.807) is 31.1 Å². The van der Waals surface area contributed by atoms with Crippen molar-refractivity contribution >= 4 is 30.7 Å². The highest BCUT2D eigenvalue weighted by atomic mass is 35.5. The van der Waals surface area contributed by atoms with Gasteiger partial charge < -0.3 is 15.0 Å². The summed E-state index contributed by atoms with van der Waals surface area (Å²) in [6.45, 7) is 3.33. The van der Waals surface area contributed by atoms with Gasteiger partial charge in [0.05, 0.1) is 13.3 Å². The van der Waals surface area contributed by atoms with Crippen LogP contribution in [0.2, 0.25) is 0 Å². The minimum Gasteiger partial charge on any atom is -0.496 e. The molecule has 1 fully saturated rings. The van der Waals surface area contributed by atoms with E-state index in [4.69, 9.17) is 4.74 Å². The largest absolute Gasteiger partial charge is 0.496 e. The van der Waals surface area contributed by atoms with Gasteiger partial charge in [-0.3, -0.25) is 14.4 Å². The van der Waals surface area contributed by atoms with Crippen LogP contribution in [-0.2, 0) is 18.4 Å². The van der Waals surface area contributed by atoms with Gasteiger partial charge >= 0.3 is 0 Å². The van der Waals surface area contributed by atoms with Crippen molar-refractivity contribution in [1.82, 2.24) is 24.9 Å². The van der Waals surface area contributed by atoms with E-state index in [2.05, 4.69) is 15.3 Å². The number of hydrogen-bond donors (Lipinski definition) is 1. The Bertz CT molecular complexity index is 797. The number of piperazine rings is 1. The lowest BCUT2D eigenvalue weighted by Gasteiger charge is -2.36. The molecular formula is C19H28Cl2FN5O2. The predicted octanol–water partition coefficient (Wildman–Crippen LogP) is 2.02. The molecule has 2 aromatic rings. The molecule has 1 unspecified atom stereocenters. The Balaban J connectivity index is 0.00000210. The normalized spacial score (nSPS) is 15.2. The summed E-state index contributed by atoms with van der Waals surface area (Å²) in [6.07, 6.45) is 3.57. The molecule has 1 aliphatic rings. The summed E-state index contributed by atoms with van der Waals surface area (Å²) in [5.74, 6) is 0.461. The molecule has 1 atom stereocenters. The Morgan fingerprint density at radius 2 is 1.97 bits per heavy atom. The van der Waals surface area contributed by atoms with Crippen LogP contribution in [0.3, 0.4) is 0 Å². The van der Waals surface area contributed by atoms with E-state index in [0.717, 1.165) is 24.2 Å². The van der Waals surface area contributed by atoms with Gasteiger partial charge in [0, 0.05) is 57.1 Å². The first kappa shape index (κ1) is 25.2. The number of methoxy groups -OCH3 is 1. The number of benzene rings is 1. The summed E-state index contributed by atoms with van der Waals surface area (Å²) < 4.78 is 20.6. The topological polar surface area (TPSA) is 62.6 Å². The van der Waals surface area contributed by atoms with Gasteiger partial charge in [0.15, 0.2) is 0 Å². The summed E-state index contributed by atoms with van der Waals surface area (Å²) in [6, 6.07) is 4.16. The average Bonchev–Trinajstić information content (AvgIpc) is 3.09. The molecule has 1 aromatic carbocycles. The highest BCUT2D eigenvalue weighted by Crippen LogP contribution is 2.22. The van der Waals surface area contributed by atoms with Gasteiger partial charge in [0.25, 0.3) is 0 Å². The van der Waals surface area contributed by atoms with E-state index in [-0.39, 0.29) is 36.5 Å². The van der Waals surface area contributed by atoms with Crippen LogP contribution in [0.1, 0.15) is 17.2 Å². The molecule has 0 radical (unpaired) electrons. The Kier molecular flexibility index (Phi) is 9.85. The van der Waals surface area contributed by atoms with Crippen LogP contribution in [0, 0.1) is 5.82 Å². The third-order valence-electron chi connectivity index (χ3n) is 4.91. The maximum atomic E-state index is 13.6. The van der Waals surface area contributed by atoms with Gasteiger partial charge in [-0.15, -0.1) is 24.8 Å². The van der Waals surface area contributed by atoms with Crippen LogP contribution in [0.25, 0.3) is 0 Å². The molecule has 2 heterocycles. The van der Waals surface area contributed by atoms with Crippen molar-refractivity contribution < 1.29 is 13.9 Å². The Morgan fingerprint density at radius 1 is 1.28 bits per heavy atom. The van der Waals surface area contributed by atoms with Crippen LogP contribution >= 0.6 is 24.8 Å². The van der Waals surface area contributed by atoms with Crippen molar-refractivity contribution in [1.29, 1.82) is 0 Å². The van der Waals surface area contributed by atoms with Crippen molar-refractivity contribution in [2.24, 2.45) is 7.05 Å². The lowest BCUT2D eigenvalue weighted by atomic mass is 10.1. The van der Waals surface area contributed by atoms with Crippen LogP contribution < -0.4 is 10.1 Å². The zero-order chi connectivity index (χ0) is 19.4. The molecule has 0 bridgehead atoms. The fraction of sp³-hybridized carbons (Fsp3) is 0.474. The molecule has 7 nitrogen and oxygen atoms in total. The second kappa shape index (κ2) is 11.3. The van der Waals surface area contributed by atoms with Crippen LogP contribution in [0.5, 0.6) is 5.75 Å². The molecule has 29 heavy (non-hydrogen) atoms. The Morgan fingerprint density at radius 3 is 2.52 bits per heavy atom. The number of nitrogens with one attached hydrogen (secondary N) is 1. The maximum Gasteiger partial charge on any atom is 0.244 e. The summed E-state index contributed by atoms with van der Waals surface area (Å²) in [4.78, 5) is 17.0. The predicted molar refractivity (Wildman–Crippen MR) is 114 cm³/mol. The van der Waals surface area contributed by atoms with Crippen molar-refractivity contribution in [2.75, 3.05) is 40.3 Å². The quantitative estimate of drug-likeness (QED) is 0.733. The van der Waals surface area contributed by atoms with Crippen molar-refractivity contribution in [3.63, 3.8) is 0 Å². The third kappa shape index (κ3) is 6.05. The molecule has 0 spiro atoms. The number of rotatable bonds is 6. The van der Waals surface area contributed by atoms with E-state index in [1.807, 2.05) is 18.1 Å². The fourth-order valence-electron chi connectivity index (χ4n) is 3.44. The minimum absolute atomic E-state index is 0. The smallest absolute Gasteiger partial charge is 0.244 e. The molecule has 1 amide bonds. The molecule has 1 N–H and O–H groups in total. The average molecular weight is 448 g/mol. The van der Waals surface area contributed by atoms with Gasteiger partial charge in [-0.1, -0.05) is 0 Å². The number of likely N-dealkylation sites (N-methyl/N-ethyl adjacent to an activating group) is 1. The molecule has 1 aromatic heterocycles. The van der Waals surface area contributed by atoms with Gasteiger partial charge in [-0.2, -0.15) is 5.10 Å². The molecule has 10 heteroatoms. The zero-order valence-corrected chi connectivity index (χ0v) is 18.4. The lowest BCUT2D eigenvalue weighted by molar-refractivity contribution is -0.135. The van der Waals surface area contributed by atoms with Crippen molar-refractivity contribution in [3.8, 4) is 5.75 Å². The number of amides is 1. The molecule has 0 saturated carbocycles. The first-order valence-electron chi connectivity index (χ1n) is 9.01. The molecule has 162 valence electrons. The molecular weight excluding hydrogens is 420 g/mol. The van der Waals surface area contributed by atoms with E-state index in [1.165, 1.54) is 12.1 Å². The minimum atomic E-state index is -0.395. The zero-order valence-electron chi connectivity index (χ0n) is 16.8. The Hall–Kier alpha value is -1.87. The molecule has 1 saturated heterocycles. The van der Waals surface area contributed by atoms with E-state index in [0.29, 0.717) is 25.4 Å². The molecule has 1 aliphatic heterocycles. The first-order valence-corrected chi connectivity index (χ1v) is 9.01. The summed E-state index contributed by atoms with van der Waals surface area (Å²) in [5.41, 5.74) is 1.68. The Labute approximate surface area is 183 Å². The number of carbonyl (C=O) groups excluding carboxylic acids is 1.